The van der Waals surface area contributed by atoms with Gasteiger partial charge in [-0.3, -0.25) is 4.79 Å². The molecule has 0 bridgehead atoms. The number of benzene rings is 2. The monoisotopic (exact) mass is 301 g/mol. The summed E-state index contributed by atoms with van der Waals surface area (Å²) in [6, 6.07) is 17.0. The fourth-order valence-electron chi connectivity index (χ4n) is 5.17. The molecule has 1 saturated carbocycles. The fourth-order valence-corrected chi connectivity index (χ4v) is 5.17. The van der Waals surface area contributed by atoms with Crippen molar-refractivity contribution in [2.24, 2.45) is 5.92 Å². The SMILES string of the molecule is C=CCN1C(=O)[C@@]2(c3ccccc31)[C@@H]1c3ccccc3CC[C@@H]12. The van der Waals surface area contributed by atoms with E-state index < -0.39 is 0 Å². The van der Waals surface area contributed by atoms with Crippen molar-refractivity contribution < 1.29 is 4.79 Å². The Bertz CT molecular complexity index is 839. The number of amides is 1. The number of para-hydroxylation sites is 1. The molecule has 1 aliphatic heterocycles. The topological polar surface area (TPSA) is 20.3 Å². The molecule has 23 heavy (non-hydrogen) atoms. The molecular weight excluding hydrogens is 282 g/mol. The van der Waals surface area contributed by atoms with E-state index in [-0.39, 0.29) is 11.3 Å². The van der Waals surface area contributed by atoms with Gasteiger partial charge in [0.15, 0.2) is 0 Å². The first-order chi connectivity index (χ1) is 11.3. The zero-order chi connectivity index (χ0) is 15.6. The van der Waals surface area contributed by atoms with Gasteiger partial charge < -0.3 is 4.90 Å². The Balaban J connectivity index is 1.71. The van der Waals surface area contributed by atoms with Crippen molar-refractivity contribution in [3.05, 3.63) is 77.9 Å². The molecule has 0 saturated heterocycles. The van der Waals surface area contributed by atoms with Gasteiger partial charge in [0, 0.05) is 18.2 Å². The number of carbonyl (C=O) groups is 1. The maximum atomic E-state index is 13.4. The summed E-state index contributed by atoms with van der Waals surface area (Å²) in [4.78, 5) is 15.3. The summed E-state index contributed by atoms with van der Waals surface area (Å²) < 4.78 is 0. The average Bonchev–Trinajstić information content (AvgIpc) is 3.23. The largest absolute Gasteiger partial charge is 0.308 e. The Morgan fingerprint density at radius 2 is 1.96 bits per heavy atom. The molecule has 1 fully saturated rings. The number of anilines is 1. The van der Waals surface area contributed by atoms with Crippen LogP contribution in [-0.4, -0.2) is 12.5 Å². The van der Waals surface area contributed by atoms with E-state index >= 15 is 0 Å². The summed E-state index contributed by atoms with van der Waals surface area (Å²) in [5.41, 5.74) is 4.83. The number of aryl methyl sites for hydroxylation is 1. The summed E-state index contributed by atoms with van der Waals surface area (Å²) in [6.45, 7) is 4.43. The first kappa shape index (κ1) is 13.1. The smallest absolute Gasteiger partial charge is 0.238 e. The maximum Gasteiger partial charge on any atom is 0.238 e. The van der Waals surface area contributed by atoms with Gasteiger partial charge >= 0.3 is 0 Å². The minimum atomic E-state index is -0.313. The van der Waals surface area contributed by atoms with Crippen LogP contribution in [0.2, 0.25) is 0 Å². The van der Waals surface area contributed by atoms with Gasteiger partial charge in [0.2, 0.25) is 5.91 Å². The van der Waals surface area contributed by atoms with Gasteiger partial charge in [-0.15, -0.1) is 6.58 Å². The summed E-state index contributed by atoms with van der Waals surface area (Å²) >= 11 is 0. The van der Waals surface area contributed by atoms with Crippen molar-refractivity contribution in [3.63, 3.8) is 0 Å². The van der Waals surface area contributed by atoms with Crippen LogP contribution in [0.15, 0.2) is 61.2 Å². The Kier molecular flexibility index (Phi) is 2.48. The van der Waals surface area contributed by atoms with Gasteiger partial charge in [-0.05, 0) is 41.5 Å². The molecule has 3 atom stereocenters. The molecule has 0 radical (unpaired) electrons. The second kappa shape index (κ2) is 4.35. The number of nitrogens with zero attached hydrogens (tertiary/aromatic N) is 1. The molecule has 2 aliphatic carbocycles. The second-order valence-electron chi connectivity index (χ2n) is 6.91. The minimum Gasteiger partial charge on any atom is -0.308 e. The molecule has 3 aliphatic rings. The summed E-state index contributed by atoms with van der Waals surface area (Å²) in [5, 5.41) is 0. The van der Waals surface area contributed by atoms with E-state index in [0.29, 0.717) is 18.4 Å². The van der Waals surface area contributed by atoms with Gasteiger partial charge in [0.05, 0.1) is 5.41 Å². The summed E-state index contributed by atoms with van der Waals surface area (Å²) in [6.07, 6.45) is 4.04. The Morgan fingerprint density at radius 3 is 2.83 bits per heavy atom. The molecule has 2 nitrogen and oxygen atoms in total. The lowest BCUT2D eigenvalue weighted by Gasteiger charge is -2.16. The van der Waals surface area contributed by atoms with E-state index in [4.69, 9.17) is 0 Å². The molecule has 5 rings (SSSR count). The minimum absolute atomic E-state index is 0.283. The zero-order valence-electron chi connectivity index (χ0n) is 13.0. The second-order valence-corrected chi connectivity index (χ2v) is 6.91. The number of rotatable bonds is 2. The van der Waals surface area contributed by atoms with Crippen LogP contribution >= 0.6 is 0 Å². The van der Waals surface area contributed by atoms with E-state index in [1.165, 1.54) is 16.7 Å². The van der Waals surface area contributed by atoms with Crippen molar-refractivity contribution in [3.8, 4) is 0 Å². The fraction of sp³-hybridized carbons (Fsp3) is 0.286. The van der Waals surface area contributed by atoms with Crippen LogP contribution in [0, 0.1) is 5.92 Å². The quantitative estimate of drug-likeness (QED) is 0.772. The van der Waals surface area contributed by atoms with Gasteiger partial charge in [-0.1, -0.05) is 48.5 Å². The third-order valence-electron chi connectivity index (χ3n) is 6.03. The lowest BCUT2D eigenvalue weighted by Crippen LogP contribution is -2.33. The van der Waals surface area contributed by atoms with Gasteiger partial charge in [0.1, 0.15) is 0 Å². The summed E-state index contributed by atoms with van der Waals surface area (Å²) in [5.74, 6) is 1.10. The van der Waals surface area contributed by atoms with E-state index in [2.05, 4.69) is 49.0 Å². The summed E-state index contributed by atoms with van der Waals surface area (Å²) in [7, 11) is 0. The molecular formula is C21H19NO. The first-order valence-corrected chi connectivity index (χ1v) is 8.40. The van der Waals surface area contributed by atoms with E-state index in [9.17, 15) is 4.79 Å². The lowest BCUT2D eigenvalue weighted by atomic mass is 9.90. The van der Waals surface area contributed by atoms with Crippen molar-refractivity contribution in [2.45, 2.75) is 24.2 Å². The normalized spacial score (nSPS) is 29.9. The van der Waals surface area contributed by atoms with Gasteiger partial charge in [-0.25, -0.2) is 0 Å². The van der Waals surface area contributed by atoms with Crippen LogP contribution in [0.5, 0.6) is 0 Å². The highest BCUT2D eigenvalue weighted by Crippen LogP contribution is 2.73. The van der Waals surface area contributed by atoms with Crippen LogP contribution < -0.4 is 4.90 Å². The highest BCUT2D eigenvalue weighted by atomic mass is 16.2. The third-order valence-corrected chi connectivity index (χ3v) is 6.03. The highest BCUT2D eigenvalue weighted by molar-refractivity contribution is 6.12. The molecule has 2 heteroatoms. The molecule has 2 aromatic rings. The predicted molar refractivity (Wildman–Crippen MR) is 91.7 cm³/mol. The van der Waals surface area contributed by atoms with Gasteiger partial charge in [-0.2, -0.15) is 0 Å². The van der Waals surface area contributed by atoms with Crippen LogP contribution in [0.25, 0.3) is 0 Å². The third kappa shape index (κ3) is 1.42. The highest BCUT2D eigenvalue weighted by Gasteiger charge is 2.75. The Labute approximate surface area is 136 Å². The number of hydrogen-bond donors (Lipinski definition) is 0. The van der Waals surface area contributed by atoms with E-state index in [1.807, 2.05) is 17.0 Å². The predicted octanol–water partition coefficient (Wildman–Crippen LogP) is 3.82. The van der Waals surface area contributed by atoms with Crippen LogP contribution in [0.4, 0.5) is 5.69 Å². The molecule has 2 aromatic carbocycles. The van der Waals surface area contributed by atoms with Crippen molar-refractivity contribution in [2.75, 3.05) is 11.4 Å². The molecule has 1 spiro atoms. The van der Waals surface area contributed by atoms with Crippen LogP contribution in [0.1, 0.15) is 29.0 Å². The zero-order valence-corrected chi connectivity index (χ0v) is 13.0. The van der Waals surface area contributed by atoms with Crippen LogP contribution in [0.3, 0.4) is 0 Å². The van der Waals surface area contributed by atoms with E-state index in [0.717, 1.165) is 18.5 Å². The number of carbonyl (C=O) groups excluding carboxylic acids is 1. The average molecular weight is 301 g/mol. The first-order valence-electron chi connectivity index (χ1n) is 8.40. The number of hydrogen-bond acceptors (Lipinski definition) is 1. The van der Waals surface area contributed by atoms with Crippen molar-refractivity contribution >= 4 is 11.6 Å². The maximum absolute atomic E-state index is 13.4. The van der Waals surface area contributed by atoms with Crippen LogP contribution in [-0.2, 0) is 16.6 Å². The molecule has 1 amide bonds. The van der Waals surface area contributed by atoms with Crippen molar-refractivity contribution in [1.82, 2.24) is 0 Å². The Morgan fingerprint density at radius 1 is 1.17 bits per heavy atom. The number of fused-ring (bicyclic) bond motifs is 7. The standard InChI is InChI=1S/C21H19NO/c1-2-13-22-18-10-6-5-9-16(18)21(20(22)23)17-12-11-14-7-3-4-8-15(14)19(17)21/h2-10,17,19H,1,11-13H2/t17-,19+,21+/m0/s1. The van der Waals surface area contributed by atoms with E-state index in [1.54, 1.807) is 0 Å². The lowest BCUT2D eigenvalue weighted by molar-refractivity contribution is -0.120. The molecule has 114 valence electrons. The van der Waals surface area contributed by atoms with Gasteiger partial charge in [0.25, 0.3) is 0 Å². The molecule has 0 N–H and O–H groups in total. The molecule has 1 heterocycles. The van der Waals surface area contributed by atoms with Crippen molar-refractivity contribution in [1.29, 1.82) is 0 Å². The molecule has 0 aromatic heterocycles. The Hall–Kier alpha value is -2.35. The molecule has 0 unspecified atom stereocenters.